The summed E-state index contributed by atoms with van der Waals surface area (Å²) in [6, 6.07) is 1.69. The summed E-state index contributed by atoms with van der Waals surface area (Å²) >= 11 is 5.76. The van der Waals surface area contributed by atoms with E-state index in [9.17, 15) is 0 Å². The van der Waals surface area contributed by atoms with E-state index in [1.165, 1.54) is 0 Å². The molecule has 0 spiro atoms. The average Bonchev–Trinajstić information content (AvgIpc) is 2.67. The van der Waals surface area contributed by atoms with Gasteiger partial charge >= 0.3 is 0 Å². The molecule has 0 saturated heterocycles. The summed E-state index contributed by atoms with van der Waals surface area (Å²) in [5.74, 6) is 0.843. The maximum atomic E-state index is 5.76. The Labute approximate surface area is 98.4 Å². The fourth-order valence-corrected chi connectivity index (χ4v) is 1.54. The molecule has 0 unspecified atom stereocenters. The van der Waals surface area contributed by atoms with E-state index in [0.717, 1.165) is 25.3 Å². The fraction of sp³-hybridized carbons (Fsp3) is 0.500. The molecule has 5 nitrogen and oxygen atoms in total. The van der Waals surface area contributed by atoms with Crippen LogP contribution in [0, 0.1) is 0 Å². The van der Waals surface area contributed by atoms with E-state index >= 15 is 0 Å². The predicted molar refractivity (Wildman–Crippen MR) is 60.6 cm³/mol. The molecule has 86 valence electrons. The minimum Gasteiger partial charge on any atom is -0.381 e. The van der Waals surface area contributed by atoms with Gasteiger partial charge in [0.1, 0.15) is 17.3 Å². The summed E-state index contributed by atoms with van der Waals surface area (Å²) in [6.07, 6.45) is 3.38. The van der Waals surface area contributed by atoms with Crippen LogP contribution in [0.2, 0.25) is 5.15 Å². The van der Waals surface area contributed by atoms with Crippen molar-refractivity contribution in [1.82, 2.24) is 19.6 Å². The van der Waals surface area contributed by atoms with Crippen LogP contribution in [0.5, 0.6) is 0 Å². The standard InChI is InChI=1S/C10H13ClN4O/c1-2-4-16-5-3-9-13-14-10-6-8(11)12-7-15(9)10/h6-7H,2-5H2,1H3. The van der Waals surface area contributed by atoms with Crippen molar-refractivity contribution in [3.05, 3.63) is 23.4 Å². The molecule has 0 aliphatic carbocycles. The Balaban J connectivity index is 2.07. The second-order valence-electron chi connectivity index (χ2n) is 3.42. The van der Waals surface area contributed by atoms with Gasteiger partial charge in [-0.25, -0.2) is 4.98 Å². The highest BCUT2D eigenvalue weighted by molar-refractivity contribution is 6.29. The van der Waals surface area contributed by atoms with Gasteiger partial charge < -0.3 is 4.74 Å². The van der Waals surface area contributed by atoms with Crippen LogP contribution >= 0.6 is 11.6 Å². The molecule has 2 aromatic rings. The molecular formula is C10H13ClN4O. The third-order valence-electron chi connectivity index (χ3n) is 2.16. The summed E-state index contributed by atoms with van der Waals surface area (Å²) in [5, 5.41) is 8.50. The molecule has 0 saturated carbocycles. The van der Waals surface area contributed by atoms with Gasteiger partial charge in [0.05, 0.1) is 6.61 Å². The predicted octanol–water partition coefficient (Wildman–Crippen LogP) is 1.75. The van der Waals surface area contributed by atoms with Gasteiger partial charge in [0, 0.05) is 19.1 Å². The third kappa shape index (κ3) is 2.48. The Morgan fingerprint density at radius 1 is 1.38 bits per heavy atom. The number of fused-ring (bicyclic) bond motifs is 1. The van der Waals surface area contributed by atoms with Crippen molar-refractivity contribution in [2.24, 2.45) is 0 Å². The van der Waals surface area contributed by atoms with E-state index in [-0.39, 0.29) is 0 Å². The van der Waals surface area contributed by atoms with E-state index < -0.39 is 0 Å². The second-order valence-corrected chi connectivity index (χ2v) is 3.81. The van der Waals surface area contributed by atoms with Gasteiger partial charge in [0.15, 0.2) is 5.65 Å². The topological polar surface area (TPSA) is 52.3 Å². The van der Waals surface area contributed by atoms with Crippen LogP contribution < -0.4 is 0 Å². The molecule has 2 aromatic heterocycles. The lowest BCUT2D eigenvalue weighted by atomic mass is 10.4. The molecule has 0 N–H and O–H groups in total. The minimum absolute atomic E-state index is 0.425. The molecule has 2 rings (SSSR count). The van der Waals surface area contributed by atoms with Crippen LogP contribution in [0.1, 0.15) is 19.2 Å². The van der Waals surface area contributed by atoms with Crippen LogP contribution in [0.4, 0.5) is 0 Å². The van der Waals surface area contributed by atoms with E-state index in [1.54, 1.807) is 12.4 Å². The lowest BCUT2D eigenvalue weighted by molar-refractivity contribution is 0.136. The highest BCUT2D eigenvalue weighted by Crippen LogP contribution is 2.08. The smallest absolute Gasteiger partial charge is 0.165 e. The van der Waals surface area contributed by atoms with Crippen LogP contribution in [0.25, 0.3) is 5.65 Å². The normalized spacial score (nSPS) is 11.1. The number of aromatic nitrogens is 4. The zero-order valence-electron chi connectivity index (χ0n) is 9.06. The number of ether oxygens (including phenoxy) is 1. The van der Waals surface area contributed by atoms with Gasteiger partial charge in [0.2, 0.25) is 0 Å². The molecule has 2 heterocycles. The summed E-state index contributed by atoms with van der Waals surface area (Å²) in [4.78, 5) is 3.99. The van der Waals surface area contributed by atoms with Gasteiger partial charge in [-0.3, -0.25) is 4.40 Å². The Hall–Kier alpha value is -1.20. The quantitative estimate of drug-likeness (QED) is 0.590. The lowest BCUT2D eigenvalue weighted by Crippen LogP contribution is -2.03. The zero-order chi connectivity index (χ0) is 11.4. The van der Waals surface area contributed by atoms with E-state index in [4.69, 9.17) is 16.3 Å². The van der Waals surface area contributed by atoms with Gasteiger partial charge in [-0.15, -0.1) is 10.2 Å². The van der Waals surface area contributed by atoms with Crippen molar-refractivity contribution in [1.29, 1.82) is 0 Å². The molecule has 0 fully saturated rings. The van der Waals surface area contributed by atoms with E-state index in [1.807, 2.05) is 4.40 Å². The van der Waals surface area contributed by atoms with Crippen LogP contribution in [-0.2, 0) is 11.2 Å². The molecule has 6 heteroatoms. The molecular weight excluding hydrogens is 228 g/mol. The van der Waals surface area contributed by atoms with Crippen molar-refractivity contribution in [2.45, 2.75) is 19.8 Å². The number of hydrogen-bond donors (Lipinski definition) is 0. The summed E-state index contributed by atoms with van der Waals surface area (Å²) < 4.78 is 7.22. The van der Waals surface area contributed by atoms with Gasteiger partial charge in [0.25, 0.3) is 0 Å². The first-order valence-corrected chi connectivity index (χ1v) is 5.62. The van der Waals surface area contributed by atoms with E-state index in [0.29, 0.717) is 17.4 Å². The van der Waals surface area contributed by atoms with Gasteiger partial charge in [-0.1, -0.05) is 18.5 Å². The van der Waals surface area contributed by atoms with Crippen LogP contribution in [0.15, 0.2) is 12.4 Å². The van der Waals surface area contributed by atoms with Gasteiger partial charge in [-0.05, 0) is 6.42 Å². The van der Waals surface area contributed by atoms with E-state index in [2.05, 4.69) is 22.1 Å². The van der Waals surface area contributed by atoms with Crippen molar-refractivity contribution in [3.63, 3.8) is 0 Å². The molecule has 0 radical (unpaired) electrons. The number of hydrogen-bond acceptors (Lipinski definition) is 4. The maximum Gasteiger partial charge on any atom is 0.165 e. The molecule has 0 aliphatic heterocycles. The first-order valence-electron chi connectivity index (χ1n) is 5.24. The molecule has 16 heavy (non-hydrogen) atoms. The lowest BCUT2D eigenvalue weighted by Gasteiger charge is -2.01. The first kappa shape index (κ1) is 11.3. The van der Waals surface area contributed by atoms with Crippen LogP contribution in [-0.4, -0.2) is 32.8 Å². The Morgan fingerprint density at radius 2 is 2.25 bits per heavy atom. The highest BCUT2D eigenvalue weighted by atomic mass is 35.5. The summed E-state index contributed by atoms with van der Waals surface area (Å²) in [5.41, 5.74) is 0.713. The van der Waals surface area contributed by atoms with Crippen LogP contribution in [0.3, 0.4) is 0 Å². The Bertz CT molecular complexity index is 471. The SMILES string of the molecule is CCCOCCc1nnc2cc(Cl)ncn12. The zero-order valence-corrected chi connectivity index (χ0v) is 9.81. The first-order chi connectivity index (χ1) is 7.81. The monoisotopic (exact) mass is 240 g/mol. The average molecular weight is 241 g/mol. The number of nitrogens with zero attached hydrogens (tertiary/aromatic N) is 4. The Morgan fingerprint density at radius 3 is 3.06 bits per heavy atom. The van der Waals surface area contributed by atoms with Gasteiger partial charge in [-0.2, -0.15) is 0 Å². The highest BCUT2D eigenvalue weighted by Gasteiger charge is 2.05. The van der Waals surface area contributed by atoms with Crippen molar-refractivity contribution in [3.8, 4) is 0 Å². The molecule has 0 atom stereocenters. The van der Waals surface area contributed by atoms with Crippen molar-refractivity contribution < 1.29 is 4.74 Å². The summed E-state index contributed by atoms with van der Waals surface area (Å²) in [7, 11) is 0. The maximum absolute atomic E-state index is 5.76. The summed E-state index contributed by atoms with van der Waals surface area (Å²) in [6.45, 7) is 3.51. The minimum atomic E-state index is 0.425. The number of halogens is 1. The third-order valence-corrected chi connectivity index (χ3v) is 2.36. The molecule has 0 aromatic carbocycles. The second kappa shape index (κ2) is 5.23. The fourth-order valence-electron chi connectivity index (χ4n) is 1.40. The molecule has 0 bridgehead atoms. The van der Waals surface area contributed by atoms with Crippen molar-refractivity contribution >= 4 is 17.2 Å². The largest absolute Gasteiger partial charge is 0.381 e. The molecule has 0 amide bonds. The Kier molecular flexibility index (Phi) is 3.69. The molecule has 0 aliphatic rings. The van der Waals surface area contributed by atoms with Crippen molar-refractivity contribution in [2.75, 3.05) is 13.2 Å². The number of rotatable bonds is 5.